The third kappa shape index (κ3) is 4.42. The van der Waals surface area contributed by atoms with Crippen LogP contribution in [0.2, 0.25) is 0 Å². The van der Waals surface area contributed by atoms with Crippen molar-refractivity contribution >= 4 is 5.96 Å². The monoisotopic (exact) mass is 225 g/mol. The minimum atomic E-state index is 0.544. The van der Waals surface area contributed by atoms with E-state index in [1.54, 1.807) is 0 Å². The maximum Gasteiger partial charge on any atom is 0.191 e. The highest BCUT2D eigenvalue weighted by Crippen LogP contribution is 2.50. The summed E-state index contributed by atoms with van der Waals surface area (Å²) in [6.45, 7) is 14.0. The van der Waals surface area contributed by atoms with Crippen molar-refractivity contribution in [1.82, 2.24) is 10.6 Å². The first-order valence-corrected chi connectivity index (χ1v) is 6.48. The van der Waals surface area contributed by atoms with Gasteiger partial charge in [-0.2, -0.15) is 0 Å². The zero-order valence-electron chi connectivity index (χ0n) is 11.4. The number of aliphatic imine (C=N–C) groups is 1. The van der Waals surface area contributed by atoms with E-state index >= 15 is 0 Å². The maximum absolute atomic E-state index is 4.55. The van der Waals surface area contributed by atoms with Crippen LogP contribution >= 0.6 is 0 Å². The quantitative estimate of drug-likeness (QED) is 0.556. The molecular formula is C13H27N3. The molecular weight excluding hydrogens is 198 g/mol. The van der Waals surface area contributed by atoms with E-state index in [2.05, 4.69) is 50.2 Å². The van der Waals surface area contributed by atoms with E-state index in [-0.39, 0.29) is 0 Å². The molecule has 1 atom stereocenters. The lowest BCUT2D eigenvalue weighted by molar-refractivity contribution is 0.548. The smallest absolute Gasteiger partial charge is 0.191 e. The van der Waals surface area contributed by atoms with Crippen LogP contribution in [0.3, 0.4) is 0 Å². The van der Waals surface area contributed by atoms with Gasteiger partial charge in [0.2, 0.25) is 0 Å². The Morgan fingerprint density at radius 1 is 1.38 bits per heavy atom. The number of nitrogens with one attached hydrogen (secondary N) is 2. The molecule has 1 fully saturated rings. The van der Waals surface area contributed by atoms with Crippen LogP contribution in [0.25, 0.3) is 0 Å². The molecule has 1 saturated carbocycles. The Morgan fingerprint density at radius 3 is 2.44 bits per heavy atom. The van der Waals surface area contributed by atoms with Crippen LogP contribution < -0.4 is 10.6 Å². The van der Waals surface area contributed by atoms with E-state index < -0.39 is 0 Å². The Morgan fingerprint density at radius 2 is 2.00 bits per heavy atom. The average Bonchev–Trinajstić information content (AvgIpc) is 2.79. The number of hydrogen-bond donors (Lipinski definition) is 2. The molecule has 0 radical (unpaired) electrons. The minimum Gasteiger partial charge on any atom is -0.357 e. The van der Waals surface area contributed by atoms with Gasteiger partial charge in [-0.1, -0.05) is 27.7 Å². The van der Waals surface area contributed by atoms with E-state index in [1.807, 2.05) is 0 Å². The van der Waals surface area contributed by atoms with Crippen molar-refractivity contribution in [2.75, 3.05) is 19.6 Å². The molecule has 1 aliphatic carbocycles. The Balaban J connectivity index is 2.30. The SMILES string of the molecule is CCNC(=NCC(C)C)NCC1CC1(C)C. The molecule has 94 valence electrons. The van der Waals surface area contributed by atoms with Gasteiger partial charge in [0.05, 0.1) is 0 Å². The fraction of sp³-hybridized carbons (Fsp3) is 0.923. The van der Waals surface area contributed by atoms with Crippen molar-refractivity contribution in [3.05, 3.63) is 0 Å². The maximum atomic E-state index is 4.55. The van der Waals surface area contributed by atoms with E-state index in [0.717, 1.165) is 31.5 Å². The lowest BCUT2D eigenvalue weighted by Crippen LogP contribution is -2.39. The van der Waals surface area contributed by atoms with Gasteiger partial charge in [-0.25, -0.2) is 0 Å². The third-order valence-electron chi connectivity index (χ3n) is 3.19. The number of rotatable bonds is 5. The normalized spacial score (nSPS) is 23.4. The number of guanidine groups is 1. The molecule has 0 amide bonds. The highest BCUT2D eigenvalue weighted by atomic mass is 15.2. The van der Waals surface area contributed by atoms with Gasteiger partial charge < -0.3 is 10.6 Å². The topological polar surface area (TPSA) is 36.4 Å². The first-order chi connectivity index (χ1) is 7.45. The van der Waals surface area contributed by atoms with E-state index in [1.165, 1.54) is 6.42 Å². The summed E-state index contributed by atoms with van der Waals surface area (Å²) in [5, 5.41) is 6.72. The van der Waals surface area contributed by atoms with Crippen LogP contribution in [0.5, 0.6) is 0 Å². The highest BCUT2D eigenvalue weighted by Gasteiger charge is 2.45. The van der Waals surface area contributed by atoms with E-state index in [9.17, 15) is 0 Å². The molecule has 0 aromatic heterocycles. The number of nitrogens with zero attached hydrogens (tertiary/aromatic N) is 1. The molecule has 2 N–H and O–H groups in total. The molecule has 1 aliphatic rings. The Kier molecular flexibility index (Phi) is 4.63. The molecule has 1 rings (SSSR count). The van der Waals surface area contributed by atoms with Crippen LogP contribution in [-0.4, -0.2) is 25.6 Å². The predicted octanol–water partition coefficient (Wildman–Crippen LogP) is 2.24. The molecule has 0 spiro atoms. The van der Waals surface area contributed by atoms with Crippen LogP contribution in [0.1, 0.15) is 41.0 Å². The molecule has 0 bridgehead atoms. The van der Waals surface area contributed by atoms with Crippen molar-refractivity contribution in [1.29, 1.82) is 0 Å². The van der Waals surface area contributed by atoms with Crippen LogP contribution in [-0.2, 0) is 0 Å². The van der Waals surface area contributed by atoms with Crippen LogP contribution in [0.4, 0.5) is 0 Å². The molecule has 3 heteroatoms. The number of hydrogen-bond acceptors (Lipinski definition) is 1. The molecule has 0 saturated heterocycles. The zero-order chi connectivity index (χ0) is 12.2. The van der Waals surface area contributed by atoms with Crippen molar-refractivity contribution in [2.45, 2.75) is 41.0 Å². The molecule has 3 nitrogen and oxygen atoms in total. The molecule has 1 unspecified atom stereocenters. The van der Waals surface area contributed by atoms with Gasteiger partial charge in [0.1, 0.15) is 0 Å². The summed E-state index contributed by atoms with van der Waals surface area (Å²) in [6.07, 6.45) is 1.34. The fourth-order valence-corrected chi connectivity index (χ4v) is 1.76. The predicted molar refractivity (Wildman–Crippen MR) is 70.7 cm³/mol. The van der Waals surface area contributed by atoms with Gasteiger partial charge in [0, 0.05) is 19.6 Å². The van der Waals surface area contributed by atoms with Crippen molar-refractivity contribution < 1.29 is 0 Å². The molecule has 16 heavy (non-hydrogen) atoms. The summed E-state index contributed by atoms with van der Waals surface area (Å²) in [5.74, 6) is 2.40. The van der Waals surface area contributed by atoms with Gasteiger partial charge in [0.25, 0.3) is 0 Å². The molecule has 0 aliphatic heterocycles. The largest absolute Gasteiger partial charge is 0.357 e. The summed E-state index contributed by atoms with van der Waals surface area (Å²) in [6, 6.07) is 0. The van der Waals surface area contributed by atoms with Gasteiger partial charge in [-0.05, 0) is 30.6 Å². The highest BCUT2D eigenvalue weighted by molar-refractivity contribution is 5.79. The summed E-state index contributed by atoms with van der Waals surface area (Å²) in [5.41, 5.74) is 0.544. The average molecular weight is 225 g/mol. The zero-order valence-corrected chi connectivity index (χ0v) is 11.4. The Bertz CT molecular complexity index is 244. The van der Waals surface area contributed by atoms with Gasteiger partial charge >= 0.3 is 0 Å². The van der Waals surface area contributed by atoms with Gasteiger partial charge in [-0.3, -0.25) is 4.99 Å². The lowest BCUT2D eigenvalue weighted by atomic mass is 10.1. The second kappa shape index (κ2) is 5.55. The van der Waals surface area contributed by atoms with Crippen molar-refractivity contribution in [3.63, 3.8) is 0 Å². The van der Waals surface area contributed by atoms with Gasteiger partial charge in [0.15, 0.2) is 5.96 Å². The standard InChI is InChI=1S/C13H27N3/c1-6-14-12(15-8-10(2)3)16-9-11-7-13(11,4)5/h10-11H,6-9H2,1-5H3,(H2,14,15,16). The summed E-state index contributed by atoms with van der Waals surface area (Å²) < 4.78 is 0. The van der Waals surface area contributed by atoms with Crippen LogP contribution in [0.15, 0.2) is 4.99 Å². The first kappa shape index (κ1) is 13.3. The third-order valence-corrected chi connectivity index (χ3v) is 3.19. The molecule has 0 aromatic rings. The van der Waals surface area contributed by atoms with E-state index in [4.69, 9.17) is 0 Å². The minimum absolute atomic E-state index is 0.544. The molecule has 0 heterocycles. The lowest BCUT2D eigenvalue weighted by Gasteiger charge is -2.12. The summed E-state index contributed by atoms with van der Waals surface area (Å²) >= 11 is 0. The second-order valence-corrected chi connectivity index (χ2v) is 5.88. The summed E-state index contributed by atoms with van der Waals surface area (Å²) in [4.78, 5) is 4.55. The van der Waals surface area contributed by atoms with E-state index in [0.29, 0.717) is 11.3 Å². The second-order valence-electron chi connectivity index (χ2n) is 5.88. The van der Waals surface area contributed by atoms with Crippen molar-refractivity contribution in [2.24, 2.45) is 22.2 Å². The van der Waals surface area contributed by atoms with Gasteiger partial charge in [-0.15, -0.1) is 0 Å². The Hall–Kier alpha value is -0.730. The Labute approximate surface area is 100 Å². The summed E-state index contributed by atoms with van der Waals surface area (Å²) in [7, 11) is 0. The van der Waals surface area contributed by atoms with Crippen molar-refractivity contribution in [3.8, 4) is 0 Å². The fourth-order valence-electron chi connectivity index (χ4n) is 1.76. The van der Waals surface area contributed by atoms with Crippen LogP contribution in [0, 0.1) is 17.3 Å². The molecule has 0 aromatic carbocycles. The first-order valence-electron chi connectivity index (χ1n) is 6.48.